The molecule has 0 fully saturated rings. The summed E-state index contributed by atoms with van der Waals surface area (Å²) >= 11 is 9.78. The molecule has 1 aromatic heterocycles. The first-order chi connectivity index (χ1) is 9.99. The standard InChI is InChI=1S/C14H18BrClN4O/c1-8(2)20-14(11(16)7-18-20)13(19-17)9-4-5-12(21-3)10(15)6-9/h4-8,13,19H,17H2,1-3H3. The zero-order valence-electron chi connectivity index (χ0n) is 12.1. The van der Waals surface area contributed by atoms with E-state index in [1.807, 2.05) is 36.7 Å². The van der Waals surface area contributed by atoms with Crippen molar-refractivity contribution in [1.29, 1.82) is 0 Å². The van der Waals surface area contributed by atoms with Crippen molar-refractivity contribution in [2.75, 3.05) is 7.11 Å². The summed E-state index contributed by atoms with van der Waals surface area (Å²) in [6.07, 6.45) is 1.64. The fraction of sp³-hybridized carbons (Fsp3) is 0.357. The third-order valence-corrected chi connectivity index (χ3v) is 4.14. The van der Waals surface area contributed by atoms with Gasteiger partial charge in [0.05, 0.1) is 34.5 Å². The van der Waals surface area contributed by atoms with E-state index in [4.69, 9.17) is 22.2 Å². The molecule has 7 heteroatoms. The number of hydrogen-bond acceptors (Lipinski definition) is 4. The normalized spacial score (nSPS) is 12.7. The van der Waals surface area contributed by atoms with Crippen LogP contribution in [-0.4, -0.2) is 16.9 Å². The van der Waals surface area contributed by atoms with E-state index in [9.17, 15) is 0 Å². The molecule has 114 valence electrons. The number of aromatic nitrogens is 2. The van der Waals surface area contributed by atoms with E-state index in [1.54, 1.807) is 13.3 Å². The van der Waals surface area contributed by atoms with Crippen molar-refractivity contribution in [3.63, 3.8) is 0 Å². The van der Waals surface area contributed by atoms with Crippen molar-refractivity contribution < 1.29 is 4.74 Å². The largest absolute Gasteiger partial charge is 0.496 e. The summed E-state index contributed by atoms with van der Waals surface area (Å²) in [5.74, 6) is 6.52. The van der Waals surface area contributed by atoms with Gasteiger partial charge in [-0.2, -0.15) is 5.10 Å². The van der Waals surface area contributed by atoms with Crippen molar-refractivity contribution >= 4 is 27.5 Å². The number of benzene rings is 1. The summed E-state index contributed by atoms with van der Waals surface area (Å²) in [5.41, 5.74) is 4.62. The molecule has 1 unspecified atom stereocenters. The summed E-state index contributed by atoms with van der Waals surface area (Å²) < 4.78 is 7.97. The summed E-state index contributed by atoms with van der Waals surface area (Å²) in [7, 11) is 1.63. The molecule has 5 nitrogen and oxygen atoms in total. The SMILES string of the molecule is COc1ccc(C(NN)c2c(Cl)cnn2C(C)C)cc1Br. The molecule has 21 heavy (non-hydrogen) atoms. The lowest BCUT2D eigenvalue weighted by Crippen LogP contribution is -2.31. The lowest BCUT2D eigenvalue weighted by atomic mass is 10.0. The van der Waals surface area contributed by atoms with Gasteiger partial charge in [-0.25, -0.2) is 5.43 Å². The van der Waals surface area contributed by atoms with Gasteiger partial charge in [-0.05, 0) is 47.5 Å². The molecule has 0 aliphatic heterocycles. The van der Waals surface area contributed by atoms with E-state index in [1.165, 1.54) is 0 Å². The monoisotopic (exact) mass is 372 g/mol. The van der Waals surface area contributed by atoms with Crippen LogP contribution in [0.1, 0.15) is 37.2 Å². The number of ether oxygens (including phenoxy) is 1. The van der Waals surface area contributed by atoms with Gasteiger partial charge in [0.25, 0.3) is 0 Å². The van der Waals surface area contributed by atoms with Crippen LogP contribution in [0.4, 0.5) is 0 Å². The number of hydrogen-bond donors (Lipinski definition) is 2. The third kappa shape index (κ3) is 3.23. The number of hydrazine groups is 1. The Bertz CT molecular complexity index is 629. The molecule has 1 aromatic carbocycles. The maximum absolute atomic E-state index is 6.30. The van der Waals surface area contributed by atoms with E-state index >= 15 is 0 Å². The number of nitrogens with zero attached hydrogens (tertiary/aromatic N) is 2. The first-order valence-electron chi connectivity index (χ1n) is 6.52. The molecule has 0 aliphatic rings. The fourth-order valence-corrected chi connectivity index (χ4v) is 3.03. The van der Waals surface area contributed by atoms with Crippen molar-refractivity contribution in [2.45, 2.75) is 25.9 Å². The maximum atomic E-state index is 6.30. The van der Waals surface area contributed by atoms with Crippen LogP contribution in [0, 0.1) is 0 Å². The van der Waals surface area contributed by atoms with E-state index in [0.717, 1.165) is 21.5 Å². The van der Waals surface area contributed by atoms with E-state index in [0.29, 0.717) is 5.02 Å². The molecule has 0 bridgehead atoms. The predicted molar refractivity (Wildman–Crippen MR) is 87.5 cm³/mol. The Morgan fingerprint density at radius 3 is 2.67 bits per heavy atom. The highest BCUT2D eigenvalue weighted by atomic mass is 79.9. The van der Waals surface area contributed by atoms with Gasteiger partial charge in [0.2, 0.25) is 0 Å². The summed E-state index contributed by atoms with van der Waals surface area (Å²) in [5, 5.41) is 4.90. The molecule has 0 saturated heterocycles. The van der Waals surface area contributed by atoms with Gasteiger partial charge < -0.3 is 4.74 Å². The quantitative estimate of drug-likeness (QED) is 0.622. The Hall–Kier alpha value is -1.08. The lowest BCUT2D eigenvalue weighted by Gasteiger charge is -2.21. The van der Waals surface area contributed by atoms with Crippen LogP contribution in [0.3, 0.4) is 0 Å². The van der Waals surface area contributed by atoms with Crippen LogP contribution in [0.5, 0.6) is 5.75 Å². The summed E-state index contributed by atoms with van der Waals surface area (Å²) in [6.45, 7) is 4.09. The first-order valence-corrected chi connectivity index (χ1v) is 7.69. The molecule has 1 atom stereocenters. The number of nitrogens with two attached hydrogens (primary N) is 1. The molecule has 2 rings (SSSR count). The highest BCUT2D eigenvalue weighted by Crippen LogP contribution is 2.33. The van der Waals surface area contributed by atoms with Crippen LogP contribution in [0.25, 0.3) is 0 Å². The van der Waals surface area contributed by atoms with Crippen LogP contribution in [-0.2, 0) is 0 Å². The molecule has 1 heterocycles. The second kappa shape index (κ2) is 6.79. The maximum Gasteiger partial charge on any atom is 0.133 e. The Morgan fingerprint density at radius 2 is 2.14 bits per heavy atom. The van der Waals surface area contributed by atoms with E-state index < -0.39 is 0 Å². The van der Waals surface area contributed by atoms with Gasteiger partial charge in [0.15, 0.2) is 0 Å². The Kier molecular flexibility index (Phi) is 5.27. The fourth-order valence-electron chi connectivity index (χ4n) is 2.23. The minimum atomic E-state index is -0.260. The lowest BCUT2D eigenvalue weighted by molar-refractivity contribution is 0.411. The molecule has 0 spiro atoms. The molecule has 3 N–H and O–H groups in total. The molecular weight excluding hydrogens is 356 g/mol. The smallest absolute Gasteiger partial charge is 0.133 e. The minimum Gasteiger partial charge on any atom is -0.496 e. The first kappa shape index (κ1) is 16.3. The Balaban J connectivity index is 2.49. The molecule has 2 aromatic rings. The molecular formula is C14H18BrClN4O. The van der Waals surface area contributed by atoms with Gasteiger partial charge in [-0.3, -0.25) is 10.5 Å². The third-order valence-electron chi connectivity index (χ3n) is 3.23. The Morgan fingerprint density at radius 1 is 1.43 bits per heavy atom. The topological polar surface area (TPSA) is 65.1 Å². The van der Waals surface area contributed by atoms with E-state index in [-0.39, 0.29) is 12.1 Å². The van der Waals surface area contributed by atoms with Gasteiger partial charge in [0, 0.05) is 6.04 Å². The van der Waals surface area contributed by atoms with Gasteiger partial charge in [-0.15, -0.1) is 0 Å². The average molecular weight is 374 g/mol. The summed E-state index contributed by atoms with van der Waals surface area (Å²) in [4.78, 5) is 0. The molecule has 0 radical (unpaired) electrons. The molecule has 0 saturated carbocycles. The van der Waals surface area contributed by atoms with Crippen LogP contribution in [0.2, 0.25) is 5.02 Å². The van der Waals surface area contributed by atoms with Gasteiger partial charge in [-0.1, -0.05) is 17.7 Å². The van der Waals surface area contributed by atoms with Crippen molar-refractivity contribution in [3.05, 3.63) is 45.1 Å². The highest BCUT2D eigenvalue weighted by Gasteiger charge is 2.23. The van der Waals surface area contributed by atoms with Gasteiger partial charge >= 0.3 is 0 Å². The second-order valence-electron chi connectivity index (χ2n) is 4.91. The highest BCUT2D eigenvalue weighted by molar-refractivity contribution is 9.10. The second-order valence-corrected chi connectivity index (χ2v) is 6.17. The minimum absolute atomic E-state index is 0.185. The van der Waals surface area contributed by atoms with Crippen LogP contribution in [0.15, 0.2) is 28.9 Å². The molecule has 0 aliphatic carbocycles. The predicted octanol–water partition coefficient (Wildman–Crippen LogP) is 3.44. The van der Waals surface area contributed by atoms with Crippen molar-refractivity contribution in [2.24, 2.45) is 5.84 Å². The van der Waals surface area contributed by atoms with Crippen molar-refractivity contribution in [3.8, 4) is 5.75 Å². The zero-order chi connectivity index (χ0) is 15.6. The Labute approximate surface area is 137 Å². The average Bonchev–Trinajstić information content (AvgIpc) is 2.82. The number of halogens is 2. The van der Waals surface area contributed by atoms with Crippen LogP contribution < -0.4 is 16.0 Å². The van der Waals surface area contributed by atoms with Crippen molar-refractivity contribution in [1.82, 2.24) is 15.2 Å². The molecule has 0 amide bonds. The zero-order valence-corrected chi connectivity index (χ0v) is 14.4. The van der Waals surface area contributed by atoms with Crippen LogP contribution >= 0.6 is 27.5 Å². The van der Waals surface area contributed by atoms with E-state index in [2.05, 4.69) is 26.5 Å². The number of nitrogens with one attached hydrogen (secondary N) is 1. The van der Waals surface area contributed by atoms with Gasteiger partial charge in [0.1, 0.15) is 5.75 Å². The summed E-state index contributed by atoms with van der Waals surface area (Å²) in [6, 6.07) is 5.71. The number of methoxy groups -OCH3 is 1. The number of rotatable bonds is 5.